The fraction of sp³-hybridized carbons (Fsp3) is 0.318. The molecule has 1 aliphatic heterocycles. The number of hydrogen-bond acceptors (Lipinski definition) is 12. The van der Waals surface area contributed by atoms with Crippen molar-refractivity contribution < 1.29 is 54.4 Å². The highest BCUT2D eigenvalue weighted by molar-refractivity contribution is 5.88. The molecule has 1 aliphatic rings. The van der Waals surface area contributed by atoms with Crippen LogP contribution in [0.2, 0.25) is 0 Å². The van der Waals surface area contributed by atoms with E-state index in [1.807, 2.05) is 0 Å². The van der Waals surface area contributed by atoms with Gasteiger partial charge < -0.3 is 54.4 Å². The lowest BCUT2D eigenvalue weighted by Gasteiger charge is -2.38. The van der Waals surface area contributed by atoms with Crippen molar-refractivity contribution in [1.29, 1.82) is 0 Å². The first-order valence-electron chi connectivity index (χ1n) is 10.0. The highest BCUT2D eigenvalue weighted by Crippen LogP contribution is 2.43. The lowest BCUT2D eigenvalue weighted by molar-refractivity contribution is -0.268. The van der Waals surface area contributed by atoms with Gasteiger partial charge in [0.15, 0.2) is 17.3 Å². The lowest BCUT2D eigenvalue weighted by atomic mass is 10.00. The molecule has 0 aliphatic carbocycles. The highest BCUT2D eigenvalue weighted by Gasteiger charge is 2.44. The van der Waals surface area contributed by atoms with Gasteiger partial charge >= 0.3 is 0 Å². The molecule has 182 valence electrons. The van der Waals surface area contributed by atoms with E-state index in [1.165, 1.54) is 20.1 Å². The topological polar surface area (TPSA) is 200 Å². The van der Waals surface area contributed by atoms with Crippen molar-refractivity contribution in [3.63, 3.8) is 0 Å². The van der Waals surface area contributed by atoms with Gasteiger partial charge in [-0.2, -0.15) is 0 Å². The van der Waals surface area contributed by atoms with Crippen molar-refractivity contribution in [2.45, 2.75) is 37.6 Å². The summed E-state index contributed by atoms with van der Waals surface area (Å²) in [5.41, 5.74) is -1.21. The van der Waals surface area contributed by atoms with Crippen LogP contribution in [0.4, 0.5) is 0 Å². The number of ether oxygens (including phenoxy) is 3. The van der Waals surface area contributed by atoms with Crippen molar-refractivity contribution in [1.82, 2.24) is 0 Å². The smallest absolute Gasteiger partial charge is 0.239 e. The van der Waals surface area contributed by atoms with Gasteiger partial charge in [0.1, 0.15) is 40.8 Å². The van der Waals surface area contributed by atoms with Crippen molar-refractivity contribution in [2.75, 3.05) is 7.11 Å². The van der Waals surface area contributed by atoms with Gasteiger partial charge in [0, 0.05) is 17.7 Å². The minimum absolute atomic E-state index is 0.0251. The number of hydrogen-bond donors (Lipinski definition) is 7. The number of benzene rings is 2. The van der Waals surface area contributed by atoms with Crippen LogP contribution in [0.3, 0.4) is 0 Å². The van der Waals surface area contributed by atoms with Crippen LogP contribution in [-0.4, -0.2) is 73.6 Å². The van der Waals surface area contributed by atoms with E-state index in [0.717, 1.165) is 18.2 Å². The molecule has 0 saturated carbocycles. The molecule has 0 radical (unpaired) electrons. The predicted octanol–water partition coefficient (Wildman–Crippen LogP) is 0.497. The second kappa shape index (κ2) is 8.57. The van der Waals surface area contributed by atoms with E-state index in [1.54, 1.807) is 0 Å². The van der Waals surface area contributed by atoms with E-state index in [0.29, 0.717) is 0 Å². The molecular weight excluding hydrogens is 456 g/mol. The minimum atomic E-state index is -1.77. The molecule has 0 bridgehead atoms. The first-order chi connectivity index (χ1) is 16.0. The Morgan fingerprint density at radius 2 is 1.62 bits per heavy atom. The van der Waals surface area contributed by atoms with E-state index >= 15 is 0 Å². The summed E-state index contributed by atoms with van der Waals surface area (Å²) in [7, 11) is 1.22. The Morgan fingerprint density at radius 1 is 0.912 bits per heavy atom. The summed E-state index contributed by atoms with van der Waals surface area (Å²) in [5.74, 6) is -3.35. The summed E-state index contributed by atoms with van der Waals surface area (Å²) in [5, 5.41) is 70.1. The predicted molar refractivity (Wildman–Crippen MR) is 114 cm³/mol. The van der Waals surface area contributed by atoms with Gasteiger partial charge in [-0.3, -0.25) is 4.79 Å². The number of aliphatic hydroxyl groups is 3. The molecule has 5 atom stereocenters. The standard InChI is InChI=1S/C22H22O12/c1-7-15(26)18(29)19(30)22(32-7)34-21-17(28)14-10(24)5-9(23)6-12(14)33-20(21)8-3-11(25)16(27)13(4-8)31-2/h3-7,15,18-19,22-27,29-30H,1-2H3/t7-,15-,18+,19-,22-/m0/s1. The zero-order valence-electron chi connectivity index (χ0n) is 17.9. The van der Waals surface area contributed by atoms with E-state index < -0.39 is 64.9 Å². The summed E-state index contributed by atoms with van der Waals surface area (Å²) >= 11 is 0. The third kappa shape index (κ3) is 3.82. The molecule has 7 N–H and O–H groups in total. The Kier molecular flexibility index (Phi) is 5.91. The molecule has 0 unspecified atom stereocenters. The number of methoxy groups -OCH3 is 1. The first kappa shape index (κ1) is 23.4. The normalized spacial score (nSPS) is 24.8. The van der Waals surface area contributed by atoms with Crippen LogP contribution < -0.4 is 14.9 Å². The molecule has 12 heteroatoms. The van der Waals surface area contributed by atoms with Gasteiger partial charge in [0.25, 0.3) is 0 Å². The van der Waals surface area contributed by atoms with Gasteiger partial charge in [0.2, 0.25) is 23.2 Å². The van der Waals surface area contributed by atoms with Crippen LogP contribution in [0.25, 0.3) is 22.3 Å². The van der Waals surface area contributed by atoms with E-state index in [2.05, 4.69) is 0 Å². The third-order valence-corrected chi connectivity index (χ3v) is 5.50. The largest absolute Gasteiger partial charge is 0.508 e. The molecule has 12 nitrogen and oxygen atoms in total. The van der Waals surface area contributed by atoms with Crippen LogP contribution in [0, 0.1) is 0 Å². The maximum atomic E-state index is 13.3. The van der Waals surface area contributed by atoms with Crippen LogP contribution in [0.5, 0.6) is 34.5 Å². The van der Waals surface area contributed by atoms with Crippen molar-refractivity contribution in [3.05, 3.63) is 34.5 Å². The molecule has 0 spiro atoms. The molecule has 34 heavy (non-hydrogen) atoms. The van der Waals surface area contributed by atoms with Crippen molar-refractivity contribution in [2.24, 2.45) is 0 Å². The van der Waals surface area contributed by atoms with Gasteiger partial charge in [-0.25, -0.2) is 0 Å². The monoisotopic (exact) mass is 478 g/mol. The third-order valence-electron chi connectivity index (χ3n) is 5.50. The number of aromatic hydroxyl groups is 4. The maximum Gasteiger partial charge on any atom is 0.239 e. The molecule has 3 aromatic rings. The molecule has 2 aromatic carbocycles. The van der Waals surface area contributed by atoms with Crippen LogP contribution in [0.15, 0.2) is 33.5 Å². The second-order valence-electron chi connectivity index (χ2n) is 7.77. The molecule has 0 amide bonds. The number of phenolic OH excluding ortho intramolecular Hbond substituents is 4. The zero-order chi connectivity index (χ0) is 24.9. The minimum Gasteiger partial charge on any atom is -0.508 e. The summed E-state index contributed by atoms with van der Waals surface area (Å²) < 4.78 is 21.7. The van der Waals surface area contributed by atoms with E-state index in [4.69, 9.17) is 18.6 Å². The number of rotatable bonds is 4. The molecule has 2 heterocycles. The highest BCUT2D eigenvalue weighted by atomic mass is 16.7. The summed E-state index contributed by atoms with van der Waals surface area (Å²) in [6.45, 7) is 1.41. The molecule has 1 saturated heterocycles. The first-order valence-corrected chi connectivity index (χ1v) is 10.0. The van der Waals surface area contributed by atoms with Crippen molar-refractivity contribution in [3.8, 4) is 45.8 Å². The Morgan fingerprint density at radius 3 is 2.29 bits per heavy atom. The number of fused-ring (bicyclic) bond motifs is 1. The van der Waals surface area contributed by atoms with Gasteiger partial charge in [-0.05, 0) is 19.1 Å². The van der Waals surface area contributed by atoms with E-state index in [-0.39, 0.29) is 28.0 Å². The molecule has 1 fully saturated rings. The van der Waals surface area contributed by atoms with Crippen LogP contribution in [-0.2, 0) is 4.74 Å². The fourth-order valence-corrected chi connectivity index (χ4v) is 3.67. The summed E-state index contributed by atoms with van der Waals surface area (Å²) in [6.07, 6.45) is -7.48. The Labute approximate surface area is 191 Å². The van der Waals surface area contributed by atoms with Gasteiger partial charge in [-0.15, -0.1) is 0 Å². The van der Waals surface area contributed by atoms with Crippen molar-refractivity contribution >= 4 is 11.0 Å². The second-order valence-corrected chi connectivity index (χ2v) is 7.77. The maximum absolute atomic E-state index is 13.3. The summed E-state index contributed by atoms with van der Waals surface area (Å²) in [4.78, 5) is 13.3. The molecule has 1 aromatic heterocycles. The SMILES string of the molecule is COc1cc(-c2oc3cc(O)cc(O)c3c(=O)c2O[C@@H]2O[C@@H](C)[C@H](O)[C@@H](O)[C@@H]2O)cc(O)c1O. The van der Waals surface area contributed by atoms with E-state index in [9.17, 15) is 40.5 Å². The molecular formula is C22H22O12. The van der Waals surface area contributed by atoms with Gasteiger partial charge in [0.05, 0.1) is 13.2 Å². The number of phenols is 4. The Hall–Kier alpha value is -3.71. The average molecular weight is 478 g/mol. The molecule has 4 rings (SSSR count). The Bertz CT molecular complexity index is 1300. The zero-order valence-corrected chi connectivity index (χ0v) is 17.9. The number of aliphatic hydroxyl groups excluding tert-OH is 3. The van der Waals surface area contributed by atoms with Crippen LogP contribution in [0.1, 0.15) is 6.92 Å². The fourth-order valence-electron chi connectivity index (χ4n) is 3.67. The average Bonchev–Trinajstić information content (AvgIpc) is 2.78. The summed E-state index contributed by atoms with van der Waals surface area (Å²) in [6, 6.07) is 4.23. The quantitative estimate of drug-likeness (QED) is 0.257. The Balaban J connectivity index is 1.96. The van der Waals surface area contributed by atoms with Gasteiger partial charge in [-0.1, -0.05) is 0 Å². The van der Waals surface area contributed by atoms with Crippen LogP contribution >= 0.6 is 0 Å². The lowest BCUT2D eigenvalue weighted by Crippen LogP contribution is -2.58.